The van der Waals surface area contributed by atoms with Crippen LogP contribution in [0.5, 0.6) is 0 Å². The number of hydrogen-bond donors (Lipinski definition) is 3. The van der Waals surface area contributed by atoms with Gasteiger partial charge in [0.05, 0.1) is 6.42 Å². The Hall–Kier alpha value is -1.88. The van der Waals surface area contributed by atoms with E-state index in [0.29, 0.717) is 6.54 Å². The smallest absolute Gasteiger partial charge is 0.307 e. The van der Waals surface area contributed by atoms with Crippen molar-refractivity contribution in [3.05, 3.63) is 35.4 Å². The molecule has 1 amide bonds. The summed E-state index contributed by atoms with van der Waals surface area (Å²) in [5, 5.41) is 11.8. The maximum atomic E-state index is 12.2. The van der Waals surface area contributed by atoms with E-state index in [4.69, 9.17) is 10.8 Å². The summed E-state index contributed by atoms with van der Waals surface area (Å²) in [4.78, 5) is 23.0. The number of carboxylic acids is 1. The second-order valence-corrected chi connectivity index (χ2v) is 5.68. The fraction of sp³-hybridized carbons (Fsp3) is 0.500. The van der Waals surface area contributed by atoms with Gasteiger partial charge in [0.15, 0.2) is 0 Å². The van der Waals surface area contributed by atoms with Crippen molar-refractivity contribution in [3.63, 3.8) is 0 Å². The van der Waals surface area contributed by atoms with E-state index in [1.165, 1.54) is 0 Å². The first-order chi connectivity index (χ1) is 10.1. The average molecular weight is 290 g/mol. The largest absolute Gasteiger partial charge is 0.481 e. The lowest BCUT2D eigenvalue weighted by Gasteiger charge is -2.25. The number of amides is 1. The van der Waals surface area contributed by atoms with Crippen LogP contribution in [0.1, 0.15) is 36.8 Å². The van der Waals surface area contributed by atoms with Gasteiger partial charge in [-0.05, 0) is 30.4 Å². The van der Waals surface area contributed by atoms with Crippen LogP contribution in [0, 0.1) is 5.92 Å². The van der Waals surface area contributed by atoms with Crippen LogP contribution in [-0.2, 0) is 22.6 Å². The highest BCUT2D eigenvalue weighted by Gasteiger charge is 2.25. The monoisotopic (exact) mass is 290 g/mol. The van der Waals surface area contributed by atoms with E-state index in [-0.39, 0.29) is 24.3 Å². The number of benzene rings is 1. The van der Waals surface area contributed by atoms with Gasteiger partial charge in [-0.2, -0.15) is 0 Å². The number of carbonyl (C=O) groups is 2. The third-order valence-corrected chi connectivity index (χ3v) is 4.00. The van der Waals surface area contributed by atoms with Gasteiger partial charge in [0.2, 0.25) is 5.91 Å². The molecule has 0 heterocycles. The fourth-order valence-electron chi connectivity index (χ4n) is 2.86. The van der Waals surface area contributed by atoms with Crippen molar-refractivity contribution >= 4 is 11.9 Å². The standard InChI is InChI=1S/C16H22N2O3/c17-14-7-3-6-12(8-14)16(21)18-10-13-5-2-1-4-11(13)9-15(19)20/h1-2,4-5,12,14H,3,6-10,17H2,(H,18,21)(H,19,20). The Kier molecular flexibility index (Phi) is 5.33. The molecule has 0 spiro atoms. The predicted molar refractivity (Wildman–Crippen MR) is 79.6 cm³/mol. The van der Waals surface area contributed by atoms with Gasteiger partial charge in [-0.3, -0.25) is 9.59 Å². The van der Waals surface area contributed by atoms with E-state index in [1.54, 1.807) is 6.07 Å². The van der Waals surface area contributed by atoms with E-state index in [0.717, 1.165) is 36.8 Å². The number of hydrogen-bond acceptors (Lipinski definition) is 3. The molecular weight excluding hydrogens is 268 g/mol. The van der Waals surface area contributed by atoms with Crippen LogP contribution in [0.2, 0.25) is 0 Å². The van der Waals surface area contributed by atoms with Crippen molar-refractivity contribution in [2.45, 2.75) is 44.7 Å². The minimum atomic E-state index is -0.868. The van der Waals surface area contributed by atoms with Gasteiger partial charge < -0.3 is 16.2 Å². The molecule has 114 valence electrons. The van der Waals surface area contributed by atoms with Crippen LogP contribution in [0.15, 0.2) is 24.3 Å². The van der Waals surface area contributed by atoms with Crippen molar-refractivity contribution in [1.29, 1.82) is 0 Å². The zero-order chi connectivity index (χ0) is 15.2. The van der Waals surface area contributed by atoms with Crippen molar-refractivity contribution < 1.29 is 14.7 Å². The molecule has 4 N–H and O–H groups in total. The Morgan fingerprint density at radius 1 is 1.24 bits per heavy atom. The summed E-state index contributed by atoms with van der Waals surface area (Å²) >= 11 is 0. The quantitative estimate of drug-likeness (QED) is 0.765. The third-order valence-electron chi connectivity index (χ3n) is 4.00. The molecule has 1 aromatic rings. The van der Waals surface area contributed by atoms with Crippen molar-refractivity contribution in [2.24, 2.45) is 11.7 Å². The molecule has 21 heavy (non-hydrogen) atoms. The van der Waals surface area contributed by atoms with Gasteiger partial charge in [-0.1, -0.05) is 30.7 Å². The van der Waals surface area contributed by atoms with Crippen LogP contribution in [0.25, 0.3) is 0 Å². The topological polar surface area (TPSA) is 92.4 Å². The molecule has 5 heteroatoms. The summed E-state index contributed by atoms with van der Waals surface area (Å²) in [7, 11) is 0. The zero-order valence-electron chi connectivity index (χ0n) is 12.0. The number of aliphatic carboxylic acids is 1. The molecular formula is C16H22N2O3. The molecule has 5 nitrogen and oxygen atoms in total. The van der Waals surface area contributed by atoms with Gasteiger partial charge in [0.25, 0.3) is 0 Å². The Balaban J connectivity index is 1.93. The summed E-state index contributed by atoms with van der Waals surface area (Å²) in [6.45, 7) is 0.369. The minimum absolute atomic E-state index is 0.0135. The summed E-state index contributed by atoms with van der Waals surface area (Å²) in [5.74, 6) is -0.859. The fourth-order valence-corrected chi connectivity index (χ4v) is 2.86. The van der Waals surface area contributed by atoms with E-state index in [9.17, 15) is 9.59 Å². The SMILES string of the molecule is NC1CCCC(C(=O)NCc2ccccc2CC(=O)O)C1. The van der Waals surface area contributed by atoms with E-state index in [1.807, 2.05) is 18.2 Å². The van der Waals surface area contributed by atoms with Crippen molar-refractivity contribution in [2.75, 3.05) is 0 Å². The predicted octanol–water partition coefficient (Wildman–Crippen LogP) is 1.45. The number of nitrogens with one attached hydrogen (secondary N) is 1. The first-order valence-electron chi connectivity index (χ1n) is 7.38. The molecule has 1 aliphatic rings. The summed E-state index contributed by atoms with van der Waals surface area (Å²) < 4.78 is 0. The van der Waals surface area contributed by atoms with Crippen LogP contribution in [0.4, 0.5) is 0 Å². The van der Waals surface area contributed by atoms with Gasteiger partial charge in [-0.25, -0.2) is 0 Å². The maximum absolute atomic E-state index is 12.2. The maximum Gasteiger partial charge on any atom is 0.307 e. The first-order valence-corrected chi connectivity index (χ1v) is 7.38. The third kappa shape index (κ3) is 4.56. The van der Waals surface area contributed by atoms with Gasteiger partial charge in [0, 0.05) is 18.5 Å². The lowest BCUT2D eigenvalue weighted by atomic mass is 9.85. The van der Waals surface area contributed by atoms with E-state index in [2.05, 4.69) is 5.32 Å². The van der Waals surface area contributed by atoms with Crippen LogP contribution in [0.3, 0.4) is 0 Å². The molecule has 1 fully saturated rings. The summed E-state index contributed by atoms with van der Waals surface area (Å²) in [5.41, 5.74) is 7.50. The van der Waals surface area contributed by atoms with Crippen LogP contribution < -0.4 is 11.1 Å². The van der Waals surface area contributed by atoms with Crippen LogP contribution >= 0.6 is 0 Å². The molecule has 2 rings (SSSR count). The van der Waals surface area contributed by atoms with E-state index >= 15 is 0 Å². The van der Waals surface area contributed by atoms with Crippen LogP contribution in [-0.4, -0.2) is 23.0 Å². The second-order valence-electron chi connectivity index (χ2n) is 5.68. The van der Waals surface area contributed by atoms with E-state index < -0.39 is 5.97 Å². The lowest BCUT2D eigenvalue weighted by Crippen LogP contribution is -2.37. The molecule has 0 bridgehead atoms. The van der Waals surface area contributed by atoms with Crippen molar-refractivity contribution in [1.82, 2.24) is 5.32 Å². The lowest BCUT2D eigenvalue weighted by molar-refractivity contribution is -0.136. The minimum Gasteiger partial charge on any atom is -0.481 e. The number of rotatable bonds is 5. The highest BCUT2D eigenvalue weighted by Crippen LogP contribution is 2.23. The second kappa shape index (κ2) is 7.22. The molecule has 1 aromatic carbocycles. The Bertz CT molecular complexity index is 516. The molecule has 2 atom stereocenters. The molecule has 2 unspecified atom stereocenters. The van der Waals surface area contributed by atoms with Crippen molar-refractivity contribution in [3.8, 4) is 0 Å². The first kappa shape index (κ1) is 15.5. The van der Waals surface area contributed by atoms with Gasteiger partial charge in [0.1, 0.15) is 0 Å². The van der Waals surface area contributed by atoms with Gasteiger partial charge >= 0.3 is 5.97 Å². The summed E-state index contributed by atoms with van der Waals surface area (Å²) in [6, 6.07) is 7.42. The summed E-state index contributed by atoms with van der Waals surface area (Å²) in [6.07, 6.45) is 3.58. The molecule has 0 radical (unpaired) electrons. The Morgan fingerprint density at radius 3 is 2.62 bits per heavy atom. The highest BCUT2D eigenvalue weighted by atomic mass is 16.4. The molecule has 1 aliphatic carbocycles. The Labute approximate surface area is 124 Å². The zero-order valence-corrected chi connectivity index (χ0v) is 12.0. The molecule has 0 aromatic heterocycles. The average Bonchev–Trinajstić information content (AvgIpc) is 2.45. The van der Waals surface area contributed by atoms with Gasteiger partial charge in [-0.15, -0.1) is 0 Å². The number of nitrogens with two attached hydrogens (primary N) is 1. The molecule has 1 saturated carbocycles. The number of carbonyl (C=O) groups excluding carboxylic acids is 1. The molecule has 0 aliphatic heterocycles. The molecule has 0 saturated heterocycles. The Morgan fingerprint density at radius 2 is 1.95 bits per heavy atom. The number of carboxylic acid groups (broad SMARTS) is 1. The highest BCUT2D eigenvalue weighted by molar-refractivity contribution is 5.79. The normalized spacial score (nSPS) is 21.8.